The van der Waals surface area contributed by atoms with E-state index in [0.717, 1.165) is 53.5 Å². The Morgan fingerprint density at radius 2 is 1.22 bits per heavy atom. The molecule has 17 nitrogen and oxygen atoms in total. The SMILES string of the molecule is COC(=O)N[C@H](C(=O)N1CCC[C@H]1c1ncc(-c2ccc(-c3cnc(-c4ccc5nc([C@@H]6CCCN6C(=O)[C@@H](NC(=O)OC)C(C)C)[nH]c5c4)cn3)cn2)[nH]1)C(C)C. The van der Waals surface area contributed by atoms with Gasteiger partial charge in [-0.1, -0.05) is 33.8 Å². The average Bonchev–Trinajstić information content (AvgIpc) is 4.07. The summed E-state index contributed by atoms with van der Waals surface area (Å²) in [6.07, 6.45) is 8.77. The van der Waals surface area contributed by atoms with Crippen molar-refractivity contribution in [3.05, 3.63) is 66.8 Å². The van der Waals surface area contributed by atoms with Gasteiger partial charge in [0.2, 0.25) is 11.8 Å². The van der Waals surface area contributed by atoms with E-state index in [4.69, 9.17) is 24.4 Å². The first kappa shape index (κ1) is 39.8. The van der Waals surface area contributed by atoms with E-state index in [1.54, 1.807) is 34.6 Å². The summed E-state index contributed by atoms with van der Waals surface area (Å²) in [7, 11) is 2.56. The number of aromatic amines is 2. The van der Waals surface area contributed by atoms with Crippen molar-refractivity contribution in [2.75, 3.05) is 27.3 Å². The van der Waals surface area contributed by atoms with Crippen molar-refractivity contribution in [3.63, 3.8) is 0 Å². The maximum atomic E-state index is 13.6. The highest BCUT2D eigenvalue weighted by Crippen LogP contribution is 2.35. The van der Waals surface area contributed by atoms with E-state index in [1.165, 1.54) is 14.2 Å². The lowest BCUT2D eigenvalue weighted by Crippen LogP contribution is -2.51. The van der Waals surface area contributed by atoms with Crippen LogP contribution in [0.15, 0.2) is 55.1 Å². The molecule has 2 aliphatic rings. The third kappa shape index (κ3) is 8.19. The summed E-state index contributed by atoms with van der Waals surface area (Å²) in [6.45, 7) is 8.70. The summed E-state index contributed by atoms with van der Waals surface area (Å²) in [5, 5.41) is 5.37. The number of H-pyrrole nitrogens is 2. The Morgan fingerprint density at radius 3 is 1.76 bits per heavy atom. The van der Waals surface area contributed by atoms with Crippen LogP contribution in [0, 0.1) is 11.8 Å². The number of carbonyl (C=O) groups is 4. The molecule has 4 N–H and O–H groups in total. The molecule has 4 aromatic heterocycles. The van der Waals surface area contributed by atoms with Crippen molar-refractivity contribution in [1.29, 1.82) is 0 Å². The standard InChI is InChI=1S/C41H49N11O6/c1-22(2)34(49-40(55)57-5)38(53)51-15-7-9-32(51)36-45-21-31(48-36)26-13-12-25(18-42-26)30-20-43-29(19-44-30)24-11-14-27-28(17-24)47-37(46-27)33-10-8-16-52(33)39(54)35(23(3)4)50-41(56)58-6/h11-14,17-23,32-35H,7-10,15-16H2,1-6H3,(H,45,48)(H,46,47)(H,49,55)(H,50,56)/t32-,33-,34-,35-/m0/s1. The summed E-state index contributed by atoms with van der Waals surface area (Å²) >= 11 is 0. The topological polar surface area (TPSA) is 213 Å². The van der Waals surface area contributed by atoms with E-state index in [9.17, 15) is 19.2 Å². The summed E-state index contributed by atoms with van der Waals surface area (Å²) < 4.78 is 9.50. The van der Waals surface area contributed by atoms with Gasteiger partial charge in [0.05, 0.1) is 78.7 Å². The van der Waals surface area contributed by atoms with Crippen LogP contribution in [0.3, 0.4) is 0 Å². The molecule has 4 atom stereocenters. The second kappa shape index (κ2) is 17.0. The minimum atomic E-state index is -0.710. The molecule has 0 bridgehead atoms. The van der Waals surface area contributed by atoms with Gasteiger partial charge in [0, 0.05) is 30.4 Å². The van der Waals surface area contributed by atoms with Crippen LogP contribution < -0.4 is 10.6 Å². The minimum Gasteiger partial charge on any atom is -0.453 e. The van der Waals surface area contributed by atoms with E-state index >= 15 is 0 Å². The number of methoxy groups -OCH3 is 2. The Morgan fingerprint density at radius 1 is 0.672 bits per heavy atom. The van der Waals surface area contributed by atoms with Crippen molar-refractivity contribution >= 4 is 35.0 Å². The molecule has 2 saturated heterocycles. The molecule has 5 aromatic rings. The fourth-order valence-electron chi connectivity index (χ4n) is 7.70. The molecule has 0 aliphatic carbocycles. The number of ether oxygens (including phenoxy) is 2. The van der Waals surface area contributed by atoms with Crippen LogP contribution in [0.5, 0.6) is 0 Å². The summed E-state index contributed by atoms with van der Waals surface area (Å²) in [5.74, 6) is 0.792. The third-order valence-electron chi connectivity index (χ3n) is 10.9. The molecular formula is C41H49N11O6. The molecule has 1 aromatic carbocycles. The summed E-state index contributed by atoms with van der Waals surface area (Å²) in [6, 6.07) is 7.74. The number of nitrogens with one attached hydrogen (secondary N) is 4. The van der Waals surface area contributed by atoms with Gasteiger partial charge in [-0.15, -0.1) is 0 Å². The van der Waals surface area contributed by atoms with E-state index in [-0.39, 0.29) is 35.7 Å². The molecule has 304 valence electrons. The van der Waals surface area contributed by atoms with E-state index < -0.39 is 24.3 Å². The van der Waals surface area contributed by atoms with Gasteiger partial charge in [0.25, 0.3) is 0 Å². The zero-order valence-electron chi connectivity index (χ0n) is 33.5. The number of fused-ring (bicyclic) bond motifs is 1. The quantitative estimate of drug-likeness (QED) is 0.130. The Balaban J connectivity index is 1.02. The smallest absolute Gasteiger partial charge is 0.407 e. The number of likely N-dealkylation sites (tertiary alicyclic amines) is 2. The van der Waals surface area contributed by atoms with Gasteiger partial charge in [-0.3, -0.25) is 24.5 Å². The van der Waals surface area contributed by atoms with Crippen molar-refractivity contribution in [1.82, 2.24) is 55.3 Å². The fraction of sp³-hybridized carbons (Fsp3) is 0.439. The van der Waals surface area contributed by atoms with Gasteiger partial charge in [-0.05, 0) is 61.8 Å². The highest BCUT2D eigenvalue weighted by Gasteiger charge is 2.39. The maximum absolute atomic E-state index is 13.6. The molecule has 6 heterocycles. The molecule has 0 saturated carbocycles. The molecule has 17 heteroatoms. The minimum absolute atomic E-state index is 0.122. The first-order valence-electron chi connectivity index (χ1n) is 19.6. The number of hydrogen-bond acceptors (Lipinski definition) is 11. The molecule has 2 aliphatic heterocycles. The monoisotopic (exact) mass is 791 g/mol. The van der Waals surface area contributed by atoms with Crippen molar-refractivity contribution < 1.29 is 28.7 Å². The largest absolute Gasteiger partial charge is 0.453 e. The Bertz CT molecular complexity index is 2270. The van der Waals surface area contributed by atoms with Crippen LogP contribution in [0.25, 0.3) is 44.9 Å². The van der Waals surface area contributed by atoms with Crippen molar-refractivity contribution in [2.45, 2.75) is 77.5 Å². The third-order valence-corrected chi connectivity index (χ3v) is 10.9. The van der Waals surface area contributed by atoms with Gasteiger partial charge < -0.3 is 39.9 Å². The summed E-state index contributed by atoms with van der Waals surface area (Å²) in [4.78, 5) is 84.9. The first-order chi connectivity index (χ1) is 27.9. The normalized spacial score (nSPS) is 17.8. The Labute approximate surface area is 335 Å². The lowest BCUT2D eigenvalue weighted by Gasteiger charge is -2.30. The second-order valence-corrected chi connectivity index (χ2v) is 15.3. The zero-order chi connectivity index (χ0) is 41.1. The lowest BCUT2D eigenvalue weighted by atomic mass is 10.0. The van der Waals surface area contributed by atoms with Gasteiger partial charge in [0.1, 0.15) is 23.7 Å². The predicted octanol–water partition coefficient (Wildman–Crippen LogP) is 5.56. The van der Waals surface area contributed by atoms with Crippen LogP contribution >= 0.6 is 0 Å². The molecule has 58 heavy (non-hydrogen) atoms. The van der Waals surface area contributed by atoms with Gasteiger partial charge in [0.15, 0.2) is 0 Å². The molecule has 0 unspecified atom stereocenters. The molecule has 0 radical (unpaired) electrons. The Hall–Kier alpha value is -6.39. The highest BCUT2D eigenvalue weighted by molar-refractivity contribution is 5.87. The summed E-state index contributed by atoms with van der Waals surface area (Å²) in [5.41, 5.74) is 5.98. The number of nitrogens with zero attached hydrogens (tertiary/aromatic N) is 7. The second-order valence-electron chi connectivity index (χ2n) is 15.3. The number of alkyl carbamates (subject to hydrolysis) is 2. The molecule has 4 amide bonds. The number of imidazole rings is 2. The van der Waals surface area contributed by atoms with E-state index in [2.05, 4.69) is 30.6 Å². The highest BCUT2D eigenvalue weighted by atomic mass is 16.5. The lowest BCUT2D eigenvalue weighted by molar-refractivity contribution is -0.136. The number of benzene rings is 1. The number of aromatic nitrogens is 7. The number of pyridine rings is 1. The number of carbonyl (C=O) groups excluding carboxylic acids is 4. The maximum Gasteiger partial charge on any atom is 0.407 e. The number of amides is 4. The number of rotatable bonds is 11. The molecule has 2 fully saturated rings. The van der Waals surface area contributed by atoms with Crippen molar-refractivity contribution in [2.24, 2.45) is 11.8 Å². The fourth-order valence-corrected chi connectivity index (χ4v) is 7.70. The zero-order valence-corrected chi connectivity index (χ0v) is 33.5. The van der Waals surface area contributed by atoms with Crippen LogP contribution in [0.4, 0.5) is 9.59 Å². The molecule has 7 rings (SSSR count). The number of hydrogen-bond donors (Lipinski definition) is 4. The van der Waals surface area contributed by atoms with E-state index in [0.29, 0.717) is 41.8 Å². The average molecular weight is 792 g/mol. The van der Waals surface area contributed by atoms with Gasteiger partial charge in [-0.25, -0.2) is 19.6 Å². The Kier molecular flexibility index (Phi) is 11.7. The molecular weight excluding hydrogens is 743 g/mol. The van der Waals surface area contributed by atoms with Gasteiger partial charge >= 0.3 is 12.2 Å². The molecule has 0 spiro atoms. The van der Waals surface area contributed by atoms with Crippen LogP contribution in [-0.2, 0) is 19.1 Å². The van der Waals surface area contributed by atoms with E-state index in [1.807, 2.05) is 58.0 Å². The van der Waals surface area contributed by atoms with Crippen LogP contribution in [0.1, 0.15) is 77.1 Å². The predicted molar refractivity (Wildman–Crippen MR) is 214 cm³/mol. The van der Waals surface area contributed by atoms with Crippen LogP contribution in [-0.4, -0.2) is 108 Å². The van der Waals surface area contributed by atoms with Crippen LogP contribution in [0.2, 0.25) is 0 Å². The van der Waals surface area contributed by atoms with Gasteiger partial charge in [-0.2, -0.15) is 0 Å². The first-order valence-corrected chi connectivity index (χ1v) is 19.6. The van der Waals surface area contributed by atoms with Crippen molar-refractivity contribution in [3.8, 4) is 33.9 Å².